The summed E-state index contributed by atoms with van der Waals surface area (Å²) >= 11 is 0. The number of Topliss-reactive ketones (excluding diaryl/α,β-unsaturated/α-hetero) is 1. The molecule has 3 rings (SSSR count). The standard InChI is InChI=1S/C19H19NO5/c1-11-6-4-5-7-16(11)25-13(3)19(22)20-15-9-18-17(23-10-24-18)8-14(15)12(2)21/h4-9,13H,10H2,1-3H3,(H,20,22)/t13-/m1/s1. The van der Waals surface area contributed by atoms with E-state index in [4.69, 9.17) is 14.2 Å². The van der Waals surface area contributed by atoms with E-state index < -0.39 is 6.10 Å². The predicted octanol–water partition coefficient (Wildman–Crippen LogP) is 3.33. The fourth-order valence-corrected chi connectivity index (χ4v) is 2.50. The highest BCUT2D eigenvalue weighted by Gasteiger charge is 2.22. The van der Waals surface area contributed by atoms with Gasteiger partial charge in [0.05, 0.1) is 5.69 Å². The second-order valence-corrected chi connectivity index (χ2v) is 5.82. The molecule has 0 unspecified atom stereocenters. The van der Waals surface area contributed by atoms with Crippen molar-refractivity contribution in [3.63, 3.8) is 0 Å². The Bertz CT molecular complexity index is 831. The van der Waals surface area contributed by atoms with E-state index in [-0.39, 0.29) is 18.5 Å². The van der Waals surface area contributed by atoms with E-state index in [0.717, 1.165) is 5.56 Å². The molecule has 2 aromatic rings. The van der Waals surface area contributed by atoms with Gasteiger partial charge in [0.2, 0.25) is 6.79 Å². The van der Waals surface area contributed by atoms with E-state index in [2.05, 4.69) is 5.32 Å². The van der Waals surface area contributed by atoms with Crippen LogP contribution in [0.4, 0.5) is 5.69 Å². The van der Waals surface area contributed by atoms with E-state index >= 15 is 0 Å². The molecule has 1 aliphatic rings. The first-order valence-corrected chi connectivity index (χ1v) is 7.93. The van der Waals surface area contributed by atoms with Crippen molar-refractivity contribution in [3.05, 3.63) is 47.5 Å². The number of aryl methyl sites for hydroxylation is 1. The van der Waals surface area contributed by atoms with E-state index in [1.807, 2.05) is 25.1 Å². The lowest BCUT2D eigenvalue weighted by molar-refractivity contribution is -0.122. The van der Waals surface area contributed by atoms with Crippen LogP contribution in [-0.4, -0.2) is 24.6 Å². The minimum absolute atomic E-state index is 0.0941. The summed E-state index contributed by atoms with van der Waals surface area (Å²) < 4.78 is 16.3. The van der Waals surface area contributed by atoms with Gasteiger partial charge in [0.1, 0.15) is 5.75 Å². The van der Waals surface area contributed by atoms with E-state index in [0.29, 0.717) is 28.5 Å². The Labute approximate surface area is 145 Å². The number of ether oxygens (including phenoxy) is 3. The van der Waals surface area contributed by atoms with Gasteiger partial charge >= 0.3 is 0 Å². The second kappa shape index (κ2) is 6.84. The monoisotopic (exact) mass is 341 g/mol. The zero-order valence-electron chi connectivity index (χ0n) is 14.3. The molecule has 1 N–H and O–H groups in total. The first kappa shape index (κ1) is 16.8. The number of carbonyl (C=O) groups excluding carboxylic acids is 2. The Morgan fingerprint density at radius 2 is 1.84 bits per heavy atom. The molecular formula is C19H19NO5. The molecule has 0 saturated heterocycles. The fourth-order valence-electron chi connectivity index (χ4n) is 2.50. The summed E-state index contributed by atoms with van der Waals surface area (Å²) in [6, 6.07) is 10.6. The van der Waals surface area contributed by atoms with Crippen LogP contribution in [0.3, 0.4) is 0 Å². The highest BCUT2D eigenvalue weighted by Crippen LogP contribution is 2.37. The summed E-state index contributed by atoms with van der Waals surface area (Å²) in [7, 11) is 0. The molecule has 0 aromatic heterocycles. The van der Waals surface area contributed by atoms with Crippen molar-refractivity contribution in [2.75, 3.05) is 12.1 Å². The zero-order chi connectivity index (χ0) is 18.0. The number of hydrogen-bond donors (Lipinski definition) is 1. The highest BCUT2D eigenvalue weighted by atomic mass is 16.7. The maximum atomic E-state index is 12.5. The van der Waals surface area contributed by atoms with Gasteiger partial charge < -0.3 is 19.5 Å². The highest BCUT2D eigenvalue weighted by molar-refractivity contribution is 6.05. The van der Waals surface area contributed by atoms with Crippen LogP contribution in [-0.2, 0) is 4.79 Å². The van der Waals surface area contributed by atoms with E-state index in [1.54, 1.807) is 25.1 Å². The largest absolute Gasteiger partial charge is 0.481 e. The molecule has 0 fully saturated rings. The SMILES string of the molecule is CC(=O)c1cc2c(cc1NC(=O)[C@@H](C)Oc1ccccc1C)OCO2. The molecule has 0 spiro atoms. The molecule has 0 aliphatic carbocycles. The molecule has 25 heavy (non-hydrogen) atoms. The Kier molecular flexibility index (Phi) is 4.61. The third-order valence-corrected chi connectivity index (χ3v) is 3.92. The summed E-state index contributed by atoms with van der Waals surface area (Å²) in [5.41, 5.74) is 1.68. The van der Waals surface area contributed by atoms with Crippen molar-refractivity contribution in [1.29, 1.82) is 0 Å². The Hall–Kier alpha value is -3.02. The Balaban J connectivity index is 1.78. The number of hydrogen-bond acceptors (Lipinski definition) is 5. The van der Waals surface area contributed by atoms with Gasteiger partial charge in [-0.15, -0.1) is 0 Å². The number of rotatable bonds is 5. The van der Waals surface area contributed by atoms with Gasteiger partial charge in [-0.25, -0.2) is 0 Å². The van der Waals surface area contributed by atoms with Gasteiger partial charge in [0.25, 0.3) is 5.91 Å². The number of anilines is 1. The molecule has 6 nitrogen and oxygen atoms in total. The summed E-state index contributed by atoms with van der Waals surface area (Å²) in [5.74, 6) is 1.09. The van der Waals surface area contributed by atoms with Crippen LogP contribution < -0.4 is 19.5 Å². The van der Waals surface area contributed by atoms with Gasteiger partial charge in [-0.3, -0.25) is 9.59 Å². The second-order valence-electron chi connectivity index (χ2n) is 5.82. The molecule has 0 radical (unpaired) electrons. The van der Waals surface area contributed by atoms with Crippen molar-refractivity contribution in [2.24, 2.45) is 0 Å². The number of benzene rings is 2. The molecule has 0 bridgehead atoms. The van der Waals surface area contributed by atoms with Crippen LogP contribution in [0.1, 0.15) is 29.8 Å². The minimum atomic E-state index is -0.730. The third kappa shape index (κ3) is 3.57. The Morgan fingerprint density at radius 3 is 2.52 bits per heavy atom. The number of para-hydroxylation sites is 1. The van der Waals surface area contributed by atoms with Crippen molar-refractivity contribution in [2.45, 2.75) is 26.9 Å². The first-order chi connectivity index (χ1) is 12.0. The average molecular weight is 341 g/mol. The zero-order valence-corrected chi connectivity index (χ0v) is 14.3. The summed E-state index contributed by atoms with van der Waals surface area (Å²) in [4.78, 5) is 24.4. The van der Waals surface area contributed by atoms with Crippen LogP contribution in [0.15, 0.2) is 36.4 Å². The molecule has 6 heteroatoms. The number of fused-ring (bicyclic) bond motifs is 1. The molecule has 1 amide bonds. The lowest BCUT2D eigenvalue weighted by Gasteiger charge is -2.17. The maximum Gasteiger partial charge on any atom is 0.265 e. The molecule has 1 aliphatic heterocycles. The molecule has 0 saturated carbocycles. The van der Waals surface area contributed by atoms with Gasteiger partial charge in [-0.05, 0) is 38.5 Å². The minimum Gasteiger partial charge on any atom is -0.481 e. The lowest BCUT2D eigenvalue weighted by atomic mass is 10.1. The number of carbonyl (C=O) groups is 2. The summed E-state index contributed by atoms with van der Waals surface area (Å²) in [6.07, 6.45) is -0.730. The van der Waals surface area contributed by atoms with Crippen LogP contribution in [0, 0.1) is 6.92 Å². The lowest BCUT2D eigenvalue weighted by Crippen LogP contribution is -2.30. The average Bonchev–Trinajstić information content (AvgIpc) is 3.03. The normalized spacial score (nSPS) is 13.2. The smallest absolute Gasteiger partial charge is 0.265 e. The van der Waals surface area contributed by atoms with Crippen molar-refractivity contribution >= 4 is 17.4 Å². The van der Waals surface area contributed by atoms with Crippen LogP contribution in [0.25, 0.3) is 0 Å². The van der Waals surface area contributed by atoms with Crippen molar-refractivity contribution < 1.29 is 23.8 Å². The van der Waals surface area contributed by atoms with Crippen LogP contribution in [0.5, 0.6) is 17.2 Å². The maximum absolute atomic E-state index is 12.5. The Morgan fingerprint density at radius 1 is 1.16 bits per heavy atom. The first-order valence-electron chi connectivity index (χ1n) is 7.93. The molecule has 1 heterocycles. The third-order valence-electron chi connectivity index (χ3n) is 3.92. The molecule has 2 aromatic carbocycles. The fraction of sp³-hybridized carbons (Fsp3) is 0.263. The topological polar surface area (TPSA) is 73.9 Å². The summed E-state index contributed by atoms with van der Waals surface area (Å²) in [5, 5.41) is 2.74. The number of ketones is 1. The molecular weight excluding hydrogens is 322 g/mol. The van der Waals surface area contributed by atoms with Crippen molar-refractivity contribution in [3.8, 4) is 17.2 Å². The van der Waals surface area contributed by atoms with Gasteiger partial charge in [-0.1, -0.05) is 18.2 Å². The number of amides is 1. The van der Waals surface area contributed by atoms with Crippen LogP contribution in [0.2, 0.25) is 0 Å². The van der Waals surface area contributed by atoms with Gasteiger partial charge in [0, 0.05) is 11.6 Å². The van der Waals surface area contributed by atoms with Gasteiger partial charge in [-0.2, -0.15) is 0 Å². The van der Waals surface area contributed by atoms with E-state index in [9.17, 15) is 9.59 Å². The quantitative estimate of drug-likeness (QED) is 0.845. The van der Waals surface area contributed by atoms with Gasteiger partial charge in [0.15, 0.2) is 23.4 Å². The van der Waals surface area contributed by atoms with E-state index in [1.165, 1.54) is 6.92 Å². The van der Waals surface area contributed by atoms with Crippen molar-refractivity contribution in [1.82, 2.24) is 0 Å². The molecule has 130 valence electrons. The van der Waals surface area contributed by atoms with Crippen LogP contribution >= 0.6 is 0 Å². The predicted molar refractivity (Wildman–Crippen MR) is 92.5 cm³/mol. The summed E-state index contributed by atoms with van der Waals surface area (Å²) in [6.45, 7) is 5.09. The number of nitrogens with one attached hydrogen (secondary N) is 1. The molecule has 1 atom stereocenters.